The van der Waals surface area contributed by atoms with Crippen molar-refractivity contribution in [2.75, 3.05) is 37.1 Å². The maximum absolute atomic E-state index is 13.4. The second kappa shape index (κ2) is 9.13. The maximum Gasteiger partial charge on any atom is 0.300 e. The number of fused-ring (bicyclic) bond motifs is 1. The zero-order valence-corrected chi connectivity index (χ0v) is 20.3. The van der Waals surface area contributed by atoms with Crippen molar-refractivity contribution in [3.05, 3.63) is 82.4 Å². The number of methoxy groups -OCH3 is 1. The summed E-state index contributed by atoms with van der Waals surface area (Å²) >= 11 is 6.27. The predicted octanol–water partition coefficient (Wildman–Crippen LogP) is 4.51. The Balaban J connectivity index is 1.74. The summed E-state index contributed by atoms with van der Waals surface area (Å²) < 4.78 is 10.9. The van der Waals surface area contributed by atoms with Gasteiger partial charge in [0.2, 0.25) is 0 Å². The molecule has 9 heteroatoms. The van der Waals surface area contributed by atoms with Gasteiger partial charge in [-0.2, -0.15) is 0 Å². The van der Waals surface area contributed by atoms with Crippen LogP contribution in [0.2, 0.25) is 5.02 Å². The normalized spacial score (nSPS) is 18.7. The van der Waals surface area contributed by atoms with E-state index in [1.807, 2.05) is 11.9 Å². The molecule has 1 unspecified atom stereocenters. The molecule has 2 aliphatic rings. The molecule has 5 rings (SSSR count). The maximum atomic E-state index is 13.4. The summed E-state index contributed by atoms with van der Waals surface area (Å²) in [5.41, 5.74) is 1.86. The van der Waals surface area contributed by atoms with E-state index < -0.39 is 17.7 Å². The van der Waals surface area contributed by atoms with Gasteiger partial charge in [0.15, 0.2) is 11.5 Å². The third kappa shape index (κ3) is 3.79. The number of phenolic OH excluding ortho intramolecular Hbond substituents is 1. The molecular weight excluding hydrogens is 484 g/mol. The van der Waals surface area contributed by atoms with Crippen LogP contribution in [-0.4, -0.2) is 49.2 Å². The van der Waals surface area contributed by atoms with Crippen LogP contribution in [-0.2, 0) is 9.59 Å². The molecule has 2 N–H and O–H groups in total. The first kappa shape index (κ1) is 23.6. The number of hydrogen-bond donors (Lipinski definition) is 2. The number of aliphatic hydroxyl groups is 1. The lowest BCUT2D eigenvalue weighted by Crippen LogP contribution is -2.29. The lowest BCUT2D eigenvalue weighted by molar-refractivity contribution is -0.132. The second-order valence-corrected chi connectivity index (χ2v) is 8.92. The number of nitrogens with zero attached hydrogens (tertiary/aromatic N) is 2. The second-order valence-electron chi connectivity index (χ2n) is 8.51. The number of phenols is 1. The van der Waals surface area contributed by atoms with Crippen molar-refractivity contribution in [2.24, 2.45) is 0 Å². The fraction of sp³-hybridized carbons (Fsp3) is 0.185. The van der Waals surface area contributed by atoms with E-state index in [0.717, 1.165) is 5.69 Å². The average Bonchev–Trinajstić information content (AvgIpc) is 3.16. The summed E-state index contributed by atoms with van der Waals surface area (Å²) in [6.07, 6.45) is 0. The SMILES string of the molecule is COc1cc(C2/C(=C(/O)c3ccc4c(c3)N(C)CCO4)C(=O)C(=O)N2c2ccccc2)cc(Cl)c1O. The molecule has 1 fully saturated rings. The fourth-order valence-corrected chi connectivity index (χ4v) is 4.78. The summed E-state index contributed by atoms with van der Waals surface area (Å²) in [5.74, 6) is -1.50. The molecule has 0 spiro atoms. The number of para-hydroxylation sites is 1. The zero-order chi connectivity index (χ0) is 25.6. The lowest BCUT2D eigenvalue weighted by atomic mass is 9.94. The molecule has 3 aromatic rings. The van der Waals surface area contributed by atoms with E-state index in [-0.39, 0.29) is 27.9 Å². The van der Waals surface area contributed by atoms with Crippen LogP contribution in [0.4, 0.5) is 11.4 Å². The molecule has 1 amide bonds. The van der Waals surface area contributed by atoms with Crippen molar-refractivity contribution < 1.29 is 29.3 Å². The summed E-state index contributed by atoms with van der Waals surface area (Å²) in [4.78, 5) is 30.0. The van der Waals surface area contributed by atoms with Crippen LogP contribution in [0.15, 0.2) is 66.2 Å². The van der Waals surface area contributed by atoms with E-state index >= 15 is 0 Å². The van der Waals surface area contributed by atoms with E-state index in [1.54, 1.807) is 48.5 Å². The third-order valence-corrected chi connectivity index (χ3v) is 6.68. The van der Waals surface area contributed by atoms with Gasteiger partial charge in [0.1, 0.15) is 18.1 Å². The molecule has 3 aromatic carbocycles. The van der Waals surface area contributed by atoms with Gasteiger partial charge >= 0.3 is 0 Å². The first-order valence-corrected chi connectivity index (χ1v) is 11.6. The minimum atomic E-state index is -1.02. The van der Waals surface area contributed by atoms with Crippen molar-refractivity contribution in [2.45, 2.75) is 6.04 Å². The standard InChI is InChI=1S/C27H23ClN2O6/c1-29-10-11-36-20-9-8-15(13-19(20)29)24(31)22-23(16-12-18(28)25(32)21(14-16)35-2)30(27(34)26(22)33)17-6-4-3-5-7-17/h3-9,12-14,23,31-32H,10-11H2,1-2H3/b24-22-. The number of hydrogen-bond acceptors (Lipinski definition) is 7. The molecule has 0 radical (unpaired) electrons. The van der Waals surface area contributed by atoms with E-state index in [2.05, 4.69) is 0 Å². The number of aliphatic hydroxyl groups excluding tert-OH is 1. The van der Waals surface area contributed by atoms with Gasteiger partial charge in [0.05, 0.1) is 36.0 Å². The number of carbonyl (C=O) groups is 2. The minimum Gasteiger partial charge on any atom is -0.507 e. The van der Waals surface area contributed by atoms with Crippen LogP contribution in [0.25, 0.3) is 5.76 Å². The van der Waals surface area contributed by atoms with Crippen LogP contribution < -0.4 is 19.3 Å². The van der Waals surface area contributed by atoms with E-state index in [9.17, 15) is 19.8 Å². The molecule has 8 nitrogen and oxygen atoms in total. The van der Waals surface area contributed by atoms with Crippen LogP contribution in [0.1, 0.15) is 17.2 Å². The smallest absolute Gasteiger partial charge is 0.300 e. The number of Topliss-reactive ketones (excluding diaryl/α,β-unsaturated/α-hetero) is 1. The topological polar surface area (TPSA) is 99.5 Å². The largest absolute Gasteiger partial charge is 0.507 e. The van der Waals surface area contributed by atoms with Crippen molar-refractivity contribution in [3.8, 4) is 17.2 Å². The average molecular weight is 507 g/mol. The van der Waals surface area contributed by atoms with Crippen molar-refractivity contribution >= 4 is 40.4 Å². The Hall–Kier alpha value is -4.17. The van der Waals surface area contributed by atoms with Gasteiger partial charge in [0.25, 0.3) is 11.7 Å². The molecule has 0 bridgehead atoms. The van der Waals surface area contributed by atoms with Gasteiger partial charge in [-0.15, -0.1) is 0 Å². The van der Waals surface area contributed by atoms with Gasteiger partial charge in [-0.25, -0.2) is 0 Å². The van der Waals surface area contributed by atoms with Gasteiger partial charge in [0, 0.05) is 18.3 Å². The first-order valence-electron chi connectivity index (χ1n) is 11.2. The minimum absolute atomic E-state index is 0.0180. The number of aromatic hydroxyl groups is 1. The molecular formula is C27H23ClN2O6. The molecule has 36 heavy (non-hydrogen) atoms. The monoisotopic (exact) mass is 506 g/mol. The number of anilines is 2. The predicted molar refractivity (Wildman–Crippen MR) is 136 cm³/mol. The number of ketones is 1. The molecule has 2 aliphatic heterocycles. The van der Waals surface area contributed by atoms with Gasteiger partial charge in [-0.1, -0.05) is 29.8 Å². The first-order chi connectivity index (χ1) is 17.3. The van der Waals surface area contributed by atoms with Gasteiger partial charge < -0.3 is 24.6 Å². The fourth-order valence-electron chi connectivity index (χ4n) is 4.56. The van der Waals surface area contributed by atoms with Crippen LogP contribution >= 0.6 is 11.6 Å². The Bertz CT molecular complexity index is 1400. The number of ether oxygens (including phenoxy) is 2. The number of rotatable bonds is 4. The zero-order valence-electron chi connectivity index (χ0n) is 19.6. The van der Waals surface area contributed by atoms with Crippen LogP contribution in [0, 0.1) is 0 Å². The summed E-state index contributed by atoms with van der Waals surface area (Å²) in [7, 11) is 3.28. The Kier molecular flexibility index (Phi) is 5.97. The number of amides is 1. The van der Waals surface area contributed by atoms with E-state index in [1.165, 1.54) is 24.1 Å². The third-order valence-electron chi connectivity index (χ3n) is 6.39. The van der Waals surface area contributed by atoms with Crippen LogP contribution in [0.5, 0.6) is 17.2 Å². The highest BCUT2D eigenvalue weighted by atomic mass is 35.5. The Morgan fingerprint density at radius 1 is 1.11 bits per heavy atom. The number of likely N-dealkylation sites (N-methyl/N-ethyl adjacent to an activating group) is 1. The van der Waals surface area contributed by atoms with Crippen molar-refractivity contribution in [3.63, 3.8) is 0 Å². The van der Waals surface area contributed by atoms with Crippen molar-refractivity contribution in [1.82, 2.24) is 0 Å². The Labute approximate surface area is 212 Å². The number of carbonyl (C=O) groups excluding carboxylic acids is 2. The van der Waals surface area contributed by atoms with Gasteiger partial charge in [-0.05, 0) is 48.0 Å². The highest BCUT2D eigenvalue weighted by molar-refractivity contribution is 6.51. The lowest BCUT2D eigenvalue weighted by Gasteiger charge is -2.28. The van der Waals surface area contributed by atoms with E-state index in [0.29, 0.717) is 35.7 Å². The molecule has 1 saturated heterocycles. The summed E-state index contributed by atoms with van der Waals surface area (Å²) in [6, 6.07) is 15.7. The summed E-state index contributed by atoms with van der Waals surface area (Å²) in [5, 5.41) is 21.7. The number of halogens is 1. The van der Waals surface area contributed by atoms with E-state index in [4.69, 9.17) is 21.1 Å². The Morgan fingerprint density at radius 3 is 2.58 bits per heavy atom. The highest BCUT2D eigenvalue weighted by Crippen LogP contribution is 2.46. The van der Waals surface area contributed by atoms with Crippen molar-refractivity contribution in [1.29, 1.82) is 0 Å². The molecule has 184 valence electrons. The van der Waals surface area contributed by atoms with Gasteiger partial charge in [-0.3, -0.25) is 14.5 Å². The summed E-state index contributed by atoms with van der Waals surface area (Å²) in [6.45, 7) is 1.21. The highest BCUT2D eigenvalue weighted by Gasteiger charge is 2.47. The van der Waals surface area contributed by atoms with Crippen LogP contribution in [0.3, 0.4) is 0 Å². The molecule has 1 atom stereocenters. The number of benzene rings is 3. The molecule has 0 aliphatic carbocycles. The molecule has 0 saturated carbocycles. The quantitative estimate of drug-likeness (QED) is 0.305. The Morgan fingerprint density at radius 2 is 1.86 bits per heavy atom. The molecule has 0 aromatic heterocycles. The molecule has 2 heterocycles.